The van der Waals surface area contributed by atoms with Gasteiger partial charge >= 0.3 is 5.97 Å². The average Bonchev–Trinajstić information content (AvgIpc) is 3.27. The van der Waals surface area contributed by atoms with Crippen molar-refractivity contribution in [3.63, 3.8) is 0 Å². The summed E-state index contributed by atoms with van der Waals surface area (Å²) in [4.78, 5) is 20.4. The summed E-state index contributed by atoms with van der Waals surface area (Å²) in [5, 5.41) is 0. The molecule has 170 valence electrons. The minimum atomic E-state index is -3.97. The highest BCUT2D eigenvalue weighted by Crippen LogP contribution is 2.29. The first-order valence-corrected chi connectivity index (χ1v) is 12.1. The molecule has 33 heavy (non-hydrogen) atoms. The molecule has 0 spiro atoms. The number of para-hydroxylation sites is 2. The van der Waals surface area contributed by atoms with Gasteiger partial charge in [-0.1, -0.05) is 61.5 Å². The van der Waals surface area contributed by atoms with E-state index in [1.807, 2.05) is 24.3 Å². The lowest BCUT2D eigenvalue weighted by molar-refractivity contribution is -0.142. The lowest BCUT2D eigenvalue weighted by Crippen LogP contribution is -2.34. The van der Waals surface area contributed by atoms with E-state index in [9.17, 15) is 13.2 Å². The molecule has 0 aliphatic carbocycles. The van der Waals surface area contributed by atoms with Crippen LogP contribution in [0.5, 0.6) is 0 Å². The van der Waals surface area contributed by atoms with Crippen molar-refractivity contribution in [3.05, 3.63) is 95.8 Å². The van der Waals surface area contributed by atoms with Gasteiger partial charge in [-0.25, -0.2) is 18.2 Å². The number of nitrogens with zero attached hydrogens (tertiary/aromatic N) is 1. The fraction of sp³-hybridized carbons (Fsp3) is 0.200. The predicted molar refractivity (Wildman–Crippen MR) is 126 cm³/mol. The normalized spacial score (nSPS) is 13.5. The second kappa shape index (κ2) is 9.56. The molecule has 0 aliphatic heterocycles. The molecule has 2 N–H and O–H groups in total. The number of ether oxygens (including phenoxy) is 1. The maximum atomic E-state index is 13.0. The van der Waals surface area contributed by atoms with Crippen molar-refractivity contribution in [2.24, 2.45) is 0 Å². The Bertz CT molecular complexity index is 1320. The molecule has 1 unspecified atom stereocenters. The first-order valence-electron chi connectivity index (χ1n) is 10.6. The van der Waals surface area contributed by atoms with Crippen LogP contribution in [-0.4, -0.2) is 31.5 Å². The number of H-pyrrole nitrogens is 1. The fourth-order valence-corrected chi connectivity index (χ4v) is 5.02. The number of benzene rings is 3. The summed E-state index contributed by atoms with van der Waals surface area (Å²) >= 11 is 0. The molecule has 0 bridgehead atoms. The zero-order chi connectivity index (χ0) is 23.4. The van der Waals surface area contributed by atoms with Crippen LogP contribution in [0, 0.1) is 0 Å². The maximum Gasteiger partial charge on any atom is 0.328 e. The second-order valence-corrected chi connectivity index (χ2v) is 9.37. The van der Waals surface area contributed by atoms with Gasteiger partial charge in [-0.3, -0.25) is 0 Å². The Morgan fingerprint density at radius 1 is 0.970 bits per heavy atom. The number of esters is 1. The summed E-state index contributed by atoms with van der Waals surface area (Å²) in [6, 6.07) is 21.9. The summed E-state index contributed by atoms with van der Waals surface area (Å²) in [5.41, 5.74) is 3.30. The molecule has 8 heteroatoms. The van der Waals surface area contributed by atoms with Crippen LogP contribution < -0.4 is 4.72 Å². The highest BCUT2D eigenvalue weighted by Gasteiger charge is 2.28. The summed E-state index contributed by atoms with van der Waals surface area (Å²) in [6.45, 7) is 2.06. The van der Waals surface area contributed by atoms with E-state index in [0.29, 0.717) is 5.56 Å². The first kappa shape index (κ1) is 22.7. The first-order chi connectivity index (χ1) is 15.9. The highest BCUT2D eigenvalue weighted by molar-refractivity contribution is 7.89. The molecule has 0 saturated carbocycles. The molecule has 0 radical (unpaired) electrons. The summed E-state index contributed by atoms with van der Waals surface area (Å²) in [6.07, 6.45) is 0.794. The number of hydrogen-bond acceptors (Lipinski definition) is 5. The van der Waals surface area contributed by atoms with Crippen molar-refractivity contribution < 1.29 is 17.9 Å². The highest BCUT2D eigenvalue weighted by atomic mass is 32.2. The number of nitrogens with one attached hydrogen (secondary N) is 2. The van der Waals surface area contributed by atoms with Gasteiger partial charge in [0.25, 0.3) is 0 Å². The largest absolute Gasteiger partial charge is 0.468 e. The average molecular weight is 464 g/mol. The molecule has 4 aromatic rings. The van der Waals surface area contributed by atoms with Crippen LogP contribution in [-0.2, 0) is 19.6 Å². The Balaban J connectivity index is 1.60. The lowest BCUT2D eigenvalue weighted by atomic mass is 9.96. The molecule has 0 aliphatic rings. The standard InChI is InChI=1S/C25H25N3O4S/c1-3-20(24-26-21-11-7-8-12-22(21)27-24)17-13-15-19(16-14-17)33(30,31)28-23(25(29)32-2)18-9-5-4-6-10-18/h4-16,20,23,28H,3H2,1-2H3,(H,26,27)/t20?,23-/m0/s1. The maximum absolute atomic E-state index is 13.0. The van der Waals surface area contributed by atoms with Gasteiger partial charge in [0.15, 0.2) is 0 Å². The predicted octanol–water partition coefficient (Wildman–Crippen LogP) is 4.30. The number of fused-ring (bicyclic) bond motifs is 1. The van der Waals surface area contributed by atoms with Crippen molar-refractivity contribution >= 4 is 27.0 Å². The Labute approximate surface area is 192 Å². The minimum absolute atomic E-state index is 0.00532. The van der Waals surface area contributed by atoms with E-state index in [2.05, 4.69) is 16.6 Å². The number of methoxy groups -OCH3 is 1. The van der Waals surface area contributed by atoms with Gasteiger partial charge in [0, 0.05) is 5.92 Å². The number of carbonyl (C=O) groups is 1. The van der Waals surface area contributed by atoms with Crippen LogP contribution in [0.4, 0.5) is 0 Å². The smallest absolute Gasteiger partial charge is 0.328 e. The van der Waals surface area contributed by atoms with Crippen LogP contribution >= 0.6 is 0 Å². The zero-order valence-corrected chi connectivity index (χ0v) is 19.2. The van der Waals surface area contributed by atoms with Crippen molar-refractivity contribution in [2.75, 3.05) is 7.11 Å². The Hall–Kier alpha value is -3.49. The Morgan fingerprint density at radius 2 is 1.64 bits per heavy atom. The number of aromatic nitrogens is 2. The van der Waals surface area contributed by atoms with Crippen molar-refractivity contribution in [2.45, 2.75) is 30.2 Å². The van der Waals surface area contributed by atoms with Gasteiger partial charge in [0.05, 0.1) is 23.0 Å². The van der Waals surface area contributed by atoms with Gasteiger partial charge in [0.1, 0.15) is 11.9 Å². The van der Waals surface area contributed by atoms with Crippen molar-refractivity contribution in [1.29, 1.82) is 0 Å². The van der Waals surface area contributed by atoms with Gasteiger partial charge in [-0.05, 0) is 41.8 Å². The molecular formula is C25H25N3O4S. The van der Waals surface area contributed by atoms with Crippen LogP contribution in [0.1, 0.15) is 42.3 Å². The molecule has 7 nitrogen and oxygen atoms in total. The molecule has 3 aromatic carbocycles. The Kier molecular flexibility index (Phi) is 6.57. The van der Waals surface area contributed by atoms with Crippen LogP contribution in [0.15, 0.2) is 83.8 Å². The van der Waals surface area contributed by atoms with Gasteiger partial charge in [-0.15, -0.1) is 0 Å². The van der Waals surface area contributed by atoms with Gasteiger partial charge < -0.3 is 9.72 Å². The fourth-order valence-electron chi connectivity index (χ4n) is 3.84. The summed E-state index contributed by atoms with van der Waals surface area (Å²) in [5.74, 6) is 0.147. The minimum Gasteiger partial charge on any atom is -0.468 e. The van der Waals surface area contributed by atoms with Crippen molar-refractivity contribution in [1.82, 2.24) is 14.7 Å². The van der Waals surface area contributed by atoms with E-state index < -0.39 is 22.0 Å². The molecule has 1 aromatic heterocycles. The number of rotatable bonds is 8. The van der Waals surface area contributed by atoms with Gasteiger partial charge in [0.2, 0.25) is 10.0 Å². The number of sulfonamides is 1. The molecule has 0 fully saturated rings. The topological polar surface area (TPSA) is 101 Å². The Morgan fingerprint density at radius 3 is 2.27 bits per heavy atom. The lowest BCUT2D eigenvalue weighted by Gasteiger charge is -2.18. The quantitative estimate of drug-likeness (QED) is 0.380. The zero-order valence-electron chi connectivity index (χ0n) is 18.4. The number of aromatic amines is 1. The van der Waals surface area contributed by atoms with Crippen LogP contribution in [0.3, 0.4) is 0 Å². The molecule has 2 atom stereocenters. The monoisotopic (exact) mass is 463 g/mol. The van der Waals surface area contributed by atoms with E-state index >= 15 is 0 Å². The van der Waals surface area contributed by atoms with E-state index in [1.54, 1.807) is 54.6 Å². The molecule has 1 heterocycles. The van der Waals surface area contributed by atoms with Gasteiger partial charge in [-0.2, -0.15) is 4.72 Å². The molecular weight excluding hydrogens is 438 g/mol. The molecule has 0 saturated heterocycles. The van der Waals surface area contributed by atoms with E-state index in [4.69, 9.17) is 9.72 Å². The number of imidazole rings is 1. The van der Waals surface area contributed by atoms with E-state index in [-0.39, 0.29) is 10.8 Å². The van der Waals surface area contributed by atoms with Crippen molar-refractivity contribution in [3.8, 4) is 0 Å². The third-order valence-electron chi connectivity index (χ3n) is 5.58. The van der Waals surface area contributed by atoms with Crippen LogP contribution in [0.2, 0.25) is 0 Å². The third kappa shape index (κ3) is 4.81. The number of carbonyl (C=O) groups excluding carboxylic acids is 1. The van der Waals surface area contributed by atoms with Crippen LogP contribution in [0.25, 0.3) is 11.0 Å². The molecule has 4 rings (SSSR count). The summed E-state index contributed by atoms with van der Waals surface area (Å²) in [7, 11) is -2.74. The van der Waals surface area contributed by atoms with E-state index in [1.165, 1.54) is 7.11 Å². The second-order valence-electron chi connectivity index (χ2n) is 7.66. The number of hydrogen-bond donors (Lipinski definition) is 2. The third-order valence-corrected chi connectivity index (χ3v) is 7.02. The SMILES string of the molecule is CCC(c1ccc(S(=O)(=O)N[C@H](C(=O)OC)c2ccccc2)cc1)c1nc2ccccc2[nH]1. The molecule has 0 amide bonds. The van der Waals surface area contributed by atoms with E-state index in [0.717, 1.165) is 28.8 Å². The summed E-state index contributed by atoms with van der Waals surface area (Å²) < 4.78 is 33.4.